The van der Waals surface area contributed by atoms with Crippen molar-refractivity contribution in [1.29, 1.82) is 0 Å². The largest absolute Gasteiger partial charge is 0.357 e. The molecule has 0 radical (unpaired) electrons. The molecule has 0 saturated carbocycles. The van der Waals surface area contributed by atoms with Crippen LogP contribution in [0, 0.1) is 11.3 Å². The molecular weight excluding hydrogens is 232 g/mol. The van der Waals surface area contributed by atoms with Gasteiger partial charge in [0.25, 0.3) is 0 Å². The lowest BCUT2D eigenvalue weighted by Gasteiger charge is -2.39. The number of piperidine rings is 1. The maximum atomic E-state index is 4.56. The summed E-state index contributed by atoms with van der Waals surface area (Å²) >= 11 is 0. The third kappa shape index (κ3) is 3.49. The van der Waals surface area contributed by atoms with E-state index in [9.17, 15) is 0 Å². The molecule has 0 atom stereocenters. The zero-order chi connectivity index (χ0) is 14.0. The molecule has 0 spiro atoms. The first kappa shape index (κ1) is 14.4. The van der Waals surface area contributed by atoms with Crippen LogP contribution in [0.1, 0.15) is 58.9 Å². The van der Waals surface area contributed by atoms with E-state index in [4.69, 9.17) is 0 Å². The van der Waals surface area contributed by atoms with E-state index in [1.54, 1.807) is 0 Å². The fourth-order valence-corrected chi connectivity index (χ4v) is 2.94. The monoisotopic (exact) mass is 260 g/mol. The first-order valence-electron chi connectivity index (χ1n) is 7.59. The van der Waals surface area contributed by atoms with Crippen molar-refractivity contribution >= 4 is 5.82 Å². The Morgan fingerprint density at radius 2 is 1.84 bits per heavy atom. The molecule has 0 N–H and O–H groups in total. The average molecular weight is 260 g/mol. The molecule has 1 aliphatic heterocycles. The molecule has 1 aromatic heterocycles. The van der Waals surface area contributed by atoms with E-state index in [2.05, 4.69) is 56.6 Å². The number of aromatic nitrogens is 1. The fourth-order valence-electron chi connectivity index (χ4n) is 2.94. The molecule has 0 unspecified atom stereocenters. The van der Waals surface area contributed by atoms with Crippen LogP contribution in [-0.2, 0) is 0 Å². The Morgan fingerprint density at radius 3 is 2.37 bits per heavy atom. The van der Waals surface area contributed by atoms with Gasteiger partial charge in [0, 0.05) is 19.3 Å². The lowest BCUT2D eigenvalue weighted by atomic mass is 9.75. The molecule has 0 aliphatic carbocycles. The van der Waals surface area contributed by atoms with Gasteiger partial charge in [-0.05, 0) is 47.8 Å². The SMILES string of the molecule is CC(C)c1ccnc(N2CCC(C(C)(C)C)CC2)c1. The molecule has 1 saturated heterocycles. The third-order valence-electron chi connectivity index (χ3n) is 4.48. The van der Waals surface area contributed by atoms with Crippen LogP contribution >= 0.6 is 0 Å². The predicted octanol–water partition coefficient (Wildman–Crippen LogP) is 4.47. The maximum absolute atomic E-state index is 4.56. The lowest BCUT2D eigenvalue weighted by molar-refractivity contribution is 0.198. The Kier molecular flexibility index (Phi) is 4.17. The minimum absolute atomic E-state index is 0.444. The maximum Gasteiger partial charge on any atom is 0.128 e. The molecule has 2 heterocycles. The quantitative estimate of drug-likeness (QED) is 0.780. The van der Waals surface area contributed by atoms with Crippen LogP contribution in [-0.4, -0.2) is 18.1 Å². The topological polar surface area (TPSA) is 16.1 Å². The molecule has 2 nitrogen and oxygen atoms in total. The first-order chi connectivity index (χ1) is 8.88. The van der Waals surface area contributed by atoms with Crippen molar-refractivity contribution in [3.05, 3.63) is 23.9 Å². The second-order valence-electron chi connectivity index (χ2n) is 7.23. The van der Waals surface area contributed by atoms with Crippen molar-refractivity contribution in [2.45, 2.75) is 53.4 Å². The van der Waals surface area contributed by atoms with Gasteiger partial charge < -0.3 is 4.90 Å². The highest BCUT2D eigenvalue weighted by molar-refractivity contribution is 5.42. The van der Waals surface area contributed by atoms with Crippen LogP contribution in [0.4, 0.5) is 5.82 Å². The minimum atomic E-state index is 0.444. The highest BCUT2D eigenvalue weighted by Crippen LogP contribution is 2.35. The number of hydrogen-bond donors (Lipinski definition) is 0. The molecule has 1 fully saturated rings. The summed E-state index contributed by atoms with van der Waals surface area (Å²) in [5.74, 6) is 2.59. The number of rotatable bonds is 2. The average Bonchev–Trinajstić information content (AvgIpc) is 2.38. The third-order valence-corrected chi connectivity index (χ3v) is 4.48. The van der Waals surface area contributed by atoms with Gasteiger partial charge in [-0.2, -0.15) is 0 Å². The van der Waals surface area contributed by atoms with Crippen molar-refractivity contribution in [3.63, 3.8) is 0 Å². The summed E-state index contributed by atoms with van der Waals surface area (Å²) in [6, 6.07) is 4.40. The molecule has 1 aromatic rings. The van der Waals surface area contributed by atoms with Crippen molar-refractivity contribution in [2.24, 2.45) is 11.3 Å². The van der Waals surface area contributed by atoms with Crippen LogP contribution in [0.3, 0.4) is 0 Å². The number of anilines is 1. The second kappa shape index (κ2) is 5.52. The summed E-state index contributed by atoms with van der Waals surface area (Å²) in [7, 11) is 0. The van der Waals surface area contributed by atoms with E-state index < -0.39 is 0 Å². The molecule has 0 bridgehead atoms. The van der Waals surface area contributed by atoms with E-state index in [-0.39, 0.29) is 0 Å². The Labute approximate surface area is 118 Å². The highest BCUT2D eigenvalue weighted by Gasteiger charge is 2.29. The summed E-state index contributed by atoms with van der Waals surface area (Å²) in [5.41, 5.74) is 1.84. The second-order valence-corrected chi connectivity index (χ2v) is 7.23. The van der Waals surface area contributed by atoms with Gasteiger partial charge >= 0.3 is 0 Å². The highest BCUT2D eigenvalue weighted by atomic mass is 15.2. The van der Waals surface area contributed by atoms with Crippen LogP contribution in [0.5, 0.6) is 0 Å². The molecule has 106 valence electrons. The predicted molar refractivity (Wildman–Crippen MR) is 82.7 cm³/mol. The smallest absolute Gasteiger partial charge is 0.128 e. The Bertz CT molecular complexity index is 410. The Hall–Kier alpha value is -1.05. The van der Waals surface area contributed by atoms with Gasteiger partial charge in [-0.25, -0.2) is 4.98 Å². The number of nitrogens with zero attached hydrogens (tertiary/aromatic N) is 2. The van der Waals surface area contributed by atoms with Crippen molar-refractivity contribution < 1.29 is 0 Å². The lowest BCUT2D eigenvalue weighted by Crippen LogP contribution is -2.38. The minimum Gasteiger partial charge on any atom is -0.357 e. The number of hydrogen-bond acceptors (Lipinski definition) is 2. The van der Waals surface area contributed by atoms with E-state index in [0.29, 0.717) is 11.3 Å². The molecule has 0 aromatic carbocycles. The molecular formula is C17H28N2. The van der Waals surface area contributed by atoms with E-state index in [1.165, 1.54) is 24.2 Å². The molecule has 0 amide bonds. The van der Waals surface area contributed by atoms with Gasteiger partial charge in [0.2, 0.25) is 0 Å². The van der Waals surface area contributed by atoms with Crippen LogP contribution in [0.25, 0.3) is 0 Å². The Balaban J connectivity index is 2.03. The Morgan fingerprint density at radius 1 is 1.21 bits per heavy atom. The van der Waals surface area contributed by atoms with E-state index in [0.717, 1.165) is 19.0 Å². The summed E-state index contributed by atoms with van der Waals surface area (Å²) in [6.07, 6.45) is 4.54. The molecule has 2 rings (SSSR count). The van der Waals surface area contributed by atoms with Crippen LogP contribution < -0.4 is 4.90 Å². The van der Waals surface area contributed by atoms with E-state index >= 15 is 0 Å². The van der Waals surface area contributed by atoms with Crippen LogP contribution in [0.15, 0.2) is 18.3 Å². The van der Waals surface area contributed by atoms with Gasteiger partial charge in [-0.15, -0.1) is 0 Å². The van der Waals surface area contributed by atoms with Gasteiger partial charge in [0.15, 0.2) is 0 Å². The summed E-state index contributed by atoms with van der Waals surface area (Å²) in [4.78, 5) is 7.01. The zero-order valence-corrected chi connectivity index (χ0v) is 13.1. The zero-order valence-electron chi connectivity index (χ0n) is 13.1. The van der Waals surface area contributed by atoms with Crippen molar-refractivity contribution in [2.75, 3.05) is 18.0 Å². The molecule has 2 heteroatoms. The normalized spacial score (nSPS) is 18.1. The van der Waals surface area contributed by atoms with Gasteiger partial charge in [0.1, 0.15) is 5.82 Å². The van der Waals surface area contributed by atoms with E-state index in [1.807, 2.05) is 6.20 Å². The fraction of sp³-hybridized carbons (Fsp3) is 0.706. The van der Waals surface area contributed by atoms with Gasteiger partial charge in [-0.3, -0.25) is 0 Å². The number of pyridine rings is 1. The molecule has 1 aliphatic rings. The summed E-state index contributed by atoms with van der Waals surface area (Å²) < 4.78 is 0. The first-order valence-corrected chi connectivity index (χ1v) is 7.59. The van der Waals surface area contributed by atoms with Crippen molar-refractivity contribution in [1.82, 2.24) is 4.98 Å². The van der Waals surface area contributed by atoms with Gasteiger partial charge in [0.05, 0.1) is 0 Å². The summed E-state index contributed by atoms with van der Waals surface area (Å²) in [6.45, 7) is 13.9. The van der Waals surface area contributed by atoms with Crippen LogP contribution in [0.2, 0.25) is 0 Å². The standard InChI is InChI=1S/C17H28N2/c1-13(2)14-6-9-18-16(12-14)19-10-7-15(8-11-19)17(3,4)5/h6,9,12-13,15H,7-8,10-11H2,1-5H3. The summed E-state index contributed by atoms with van der Waals surface area (Å²) in [5, 5.41) is 0. The van der Waals surface area contributed by atoms with Gasteiger partial charge in [-0.1, -0.05) is 34.6 Å². The molecule has 19 heavy (non-hydrogen) atoms. The van der Waals surface area contributed by atoms with Crippen molar-refractivity contribution in [3.8, 4) is 0 Å².